The van der Waals surface area contributed by atoms with Crippen molar-refractivity contribution in [3.63, 3.8) is 0 Å². The van der Waals surface area contributed by atoms with E-state index >= 15 is 0 Å². The lowest BCUT2D eigenvalue weighted by molar-refractivity contribution is -0.145. The lowest BCUT2D eigenvalue weighted by Crippen LogP contribution is -2.44. The molecule has 1 aliphatic heterocycles. The molecule has 1 unspecified atom stereocenters. The Morgan fingerprint density at radius 2 is 1.79 bits per heavy atom. The summed E-state index contributed by atoms with van der Waals surface area (Å²) in [6.45, 7) is 3.80. The molecule has 1 heterocycles. The van der Waals surface area contributed by atoms with E-state index in [0.717, 1.165) is 11.8 Å². The molecule has 9 heteroatoms. The summed E-state index contributed by atoms with van der Waals surface area (Å²) < 4.78 is 16.2. The van der Waals surface area contributed by atoms with Gasteiger partial charge in [-0.05, 0) is 36.1 Å². The van der Waals surface area contributed by atoms with E-state index in [4.69, 9.17) is 26.4 Å². The Balaban J connectivity index is 2.42. The molecular formula is C19H23NO6S2. The van der Waals surface area contributed by atoms with Gasteiger partial charge in [0.05, 0.1) is 26.2 Å². The number of methoxy groups -OCH3 is 3. The molecule has 0 spiro atoms. The van der Waals surface area contributed by atoms with Gasteiger partial charge in [-0.25, -0.2) is 4.79 Å². The first-order valence-corrected chi connectivity index (χ1v) is 9.75. The molecule has 1 saturated heterocycles. The summed E-state index contributed by atoms with van der Waals surface area (Å²) in [5, 5.41) is 9.56. The molecule has 0 bridgehead atoms. The van der Waals surface area contributed by atoms with Gasteiger partial charge in [0.2, 0.25) is 5.75 Å². The van der Waals surface area contributed by atoms with Crippen molar-refractivity contribution in [2.45, 2.75) is 26.3 Å². The number of hydrogen-bond acceptors (Lipinski definition) is 7. The Labute approximate surface area is 173 Å². The Kier molecular flexibility index (Phi) is 7.31. The highest BCUT2D eigenvalue weighted by molar-refractivity contribution is 8.26. The van der Waals surface area contributed by atoms with Gasteiger partial charge in [-0.3, -0.25) is 9.69 Å². The fourth-order valence-corrected chi connectivity index (χ4v) is 4.20. The maximum atomic E-state index is 12.9. The number of carbonyl (C=O) groups excluding carboxylic acids is 1. The molecule has 1 atom stereocenters. The third-order valence-corrected chi connectivity index (χ3v) is 5.43. The van der Waals surface area contributed by atoms with Gasteiger partial charge >= 0.3 is 5.97 Å². The molecule has 1 amide bonds. The van der Waals surface area contributed by atoms with Gasteiger partial charge in [0.25, 0.3) is 5.91 Å². The average molecular weight is 426 g/mol. The predicted octanol–water partition coefficient (Wildman–Crippen LogP) is 3.41. The first-order valence-electron chi connectivity index (χ1n) is 8.53. The SMILES string of the molecule is COc1cc(C=C2SC(=S)N(C(CC(C)C)C(=O)O)C2=O)cc(OC)c1OC. The first-order chi connectivity index (χ1) is 13.2. The molecule has 1 aromatic carbocycles. The number of carboxylic acid groups (broad SMARTS) is 1. The number of nitrogens with zero attached hydrogens (tertiary/aromatic N) is 1. The molecule has 2 rings (SSSR count). The van der Waals surface area contributed by atoms with Crippen molar-refractivity contribution in [1.82, 2.24) is 4.90 Å². The number of benzene rings is 1. The summed E-state index contributed by atoms with van der Waals surface area (Å²) in [5.41, 5.74) is 0.644. The lowest BCUT2D eigenvalue weighted by atomic mass is 10.0. The molecule has 0 saturated carbocycles. The molecule has 0 aliphatic carbocycles. The molecule has 0 aromatic heterocycles. The summed E-state index contributed by atoms with van der Waals surface area (Å²) in [7, 11) is 4.51. The van der Waals surface area contributed by atoms with Crippen LogP contribution < -0.4 is 14.2 Å². The predicted molar refractivity (Wildman–Crippen MR) is 112 cm³/mol. The van der Waals surface area contributed by atoms with Crippen molar-refractivity contribution in [1.29, 1.82) is 0 Å². The fourth-order valence-electron chi connectivity index (χ4n) is 2.85. The smallest absolute Gasteiger partial charge is 0.326 e. The highest BCUT2D eigenvalue weighted by Gasteiger charge is 2.40. The molecule has 1 aromatic rings. The Morgan fingerprint density at radius 1 is 1.21 bits per heavy atom. The maximum absolute atomic E-state index is 12.9. The number of hydrogen-bond donors (Lipinski definition) is 1. The van der Waals surface area contributed by atoms with Gasteiger partial charge < -0.3 is 19.3 Å². The molecule has 1 N–H and O–H groups in total. The van der Waals surface area contributed by atoms with Gasteiger partial charge in [0.1, 0.15) is 10.4 Å². The van der Waals surface area contributed by atoms with Gasteiger partial charge in [-0.2, -0.15) is 0 Å². The molecule has 1 aliphatic rings. The van der Waals surface area contributed by atoms with Crippen LogP contribution in [0.5, 0.6) is 17.2 Å². The van der Waals surface area contributed by atoms with E-state index in [2.05, 4.69) is 0 Å². The summed E-state index contributed by atoms with van der Waals surface area (Å²) in [5.74, 6) is -0.0446. The van der Waals surface area contributed by atoms with Crippen molar-refractivity contribution in [3.05, 3.63) is 22.6 Å². The van der Waals surface area contributed by atoms with Crippen LogP contribution in [0.2, 0.25) is 0 Å². The minimum Gasteiger partial charge on any atom is -0.493 e. The highest BCUT2D eigenvalue weighted by Crippen LogP contribution is 2.40. The van der Waals surface area contributed by atoms with E-state index in [0.29, 0.717) is 34.1 Å². The van der Waals surface area contributed by atoms with E-state index < -0.39 is 17.9 Å². The van der Waals surface area contributed by atoms with Crippen molar-refractivity contribution in [2.75, 3.05) is 21.3 Å². The molecule has 7 nitrogen and oxygen atoms in total. The largest absolute Gasteiger partial charge is 0.493 e. The first kappa shape index (κ1) is 22.0. The van der Waals surface area contributed by atoms with Gasteiger partial charge in [-0.15, -0.1) is 0 Å². The van der Waals surface area contributed by atoms with Gasteiger partial charge in [-0.1, -0.05) is 37.8 Å². The second kappa shape index (κ2) is 9.29. The van der Waals surface area contributed by atoms with Crippen LogP contribution in [0.25, 0.3) is 6.08 Å². The third kappa shape index (κ3) is 4.59. The van der Waals surface area contributed by atoms with E-state index in [1.807, 2.05) is 13.8 Å². The van der Waals surface area contributed by atoms with Crippen LogP contribution in [-0.4, -0.2) is 53.6 Å². The third-order valence-electron chi connectivity index (χ3n) is 4.10. The fraction of sp³-hybridized carbons (Fsp3) is 0.421. The van der Waals surface area contributed by atoms with Crippen molar-refractivity contribution < 1.29 is 28.9 Å². The van der Waals surface area contributed by atoms with Crippen LogP contribution in [-0.2, 0) is 9.59 Å². The van der Waals surface area contributed by atoms with E-state index in [1.165, 1.54) is 26.2 Å². The van der Waals surface area contributed by atoms with Gasteiger partial charge in [0.15, 0.2) is 11.5 Å². The second-order valence-electron chi connectivity index (χ2n) is 6.49. The van der Waals surface area contributed by atoms with Crippen LogP contribution in [0.1, 0.15) is 25.8 Å². The molecule has 1 fully saturated rings. The van der Waals surface area contributed by atoms with Crippen LogP contribution in [0.4, 0.5) is 0 Å². The Bertz CT molecular complexity index is 796. The zero-order chi connectivity index (χ0) is 21.0. The van der Waals surface area contributed by atoms with Crippen LogP contribution in [0.15, 0.2) is 17.0 Å². The Morgan fingerprint density at radius 3 is 2.21 bits per heavy atom. The number of rotatable bonds is 8. The topological polar surface area (TPSA) is 85.3 Å². The molecular weight excluding hydrogens is 402 g/mol. The van der Waals surface area contributed by atoms with Crippen LogP contribution >= 0.6 is 24.0 Å². The van der Waals surface area contributed by atoms with E-state index in [9.17, 15) is 14.7 Å². The van der Waals surface area contributed by atoms with Crippen LogP contribution in [0.3, 0.4) is 0 Å². The zero-order valence-corrected chi connectivity index (χ0v) is 18.0. The van der Waals surface area contributed by atoms with Crippen LogP contribution in [0, 0.1) is 5.92 Å². The standard InChI is InChI=1S/C19H23NO6S2/c1-10(2)6-12(18(22)23)20-17(21)15(28-19(20)27)9-11-7-13(24-3)16(26-5)14(8-11)25-4/h7-10,12H,6H2,1-5H3,(H,22,23). The number of ether oxygens (including phenoxy) is 3. The lowest BCUT2D eigenvalue weighted by Gasteiger charge is -2.24. The number of amides is 1. The number of carbonyl (C=O) groups is 2. The zero-order valence-electron chi connectivity index (χ0n) is 16.3. The summed E-state index contributed by atoms with van der Waals surface area (Å²) >= 11 is 6.37. The number of thiocarbonyl (C=S) groups is 1. The maximum Gasteiger partial charge on any atom is 0.326 e. The number of carboxylic acids is 1. The van der Waals surface area contributed by atoms with Gasteiger partial charge in [0, 0.05) is 0 Å². The highest BCUT2D eigenvalue weighted by atomic mass is 32.2. The summed E-state index contributed by atoms with van der Waals surface area (Å²) in [6.07, 6.45) is 1.96. The van der Waals surface area contributed by atoms with E-state index in [1.54, 1.807) is 18.2 Å². The molecule has 0 radical (unpaired) electrons. The monoisotopic (exact) mass is 425 g/mol. The number of aliphatic carboxylic acids is 1. The summed E-state index contributed by atoms with van der Waals surface area (Å²) in [4.78, 5) is 26.1. The minimum atomic E-state index is -1.07. The molecule has 152 valence electrons. The minimum absolute atomic E-state index is 0.102. The average Bonchev–Trinajstić information content (AvgIpc) is 2.91. The Hall–Kier alpha value is -2.26. The van der Waals surface area contributed by atoms with Crippen molar-refractivity contribution >= 4 is 46.3 Å². The molecule has 28 heavy (non-hydrogen) atoms. The quantitative estimate of drug-likeness (QED) is 0.501. The number of thioether (sulfide) groups is 1. The van der Waals surface area contributed by atoms with Crippen molar-refractivity contribution in [2.24, 2.45) is 5.92 Å². The normalized spacial score (nSPS) is 16.6. The second-order valence-corrected chi connectivity index (χ2v) is 8.17. The van der Waals surface area contributed by atoms with E-state index in [-0.39, 0.29) is 10.2 Å². The van der Waals surface area contributed by atoms with Crippen molar-refractivity contribution in [3.8, 4) is 17.2 Å². The summed E-state index contributed by atoms with van der Waals surface area (Å²) in [6, 6.07) is 2.42.